The van der Waals surface area contributed by atoms with Gasteiger partial charge in [-0.15, -0.1) is 0 Å². The van der Waals surface area contributed by atoms with Gasteiger partial charge in [0.25, 0.3) is 5.17 Å². The van der Waals surface area contributed by atoms with Crippen molar-refractivity contribution in [1.82, 2.24) is 15.2 Å². The number of halogens is 1. The summed E-state index contributed by atoms with van der Waals surface area (Å²) in [6.07, 6.45) is 8.36. The molecule has 2 saturated heterocycles. The van der Waals surface area contributed by atoms with Crippen molar-refractivity contribution in [3.05, 3.63) is 47.3 Å². The molecule has 29 heavy (non-hydrogen) atoms. The summed E-state index contributed by atoms with van der Waals surface area (Å²) in [5, 5.41) is 4.34. The van der Waals surface area contributed by atoms with Crippen LogP contribution >= 0.6 is 12.2 Å². The standard InChI is InChI=1S/C19H28FN5O3S/c1-26-18(29)23-12-15(21)13-25(22)17-3-2-16(10-14(20)11-17)24-6-4-19(5-7-24)27-8-9-28-19/h2-3,11,13H,4-10,12,21-22H2,1H3,(H,23,29)/b15-13-. The number of methoxy groups -OCH3 is 1. The van der Waals surface area contributed by atoms with Gasteiger partial charge in [-0.25, -0.2) is 10.2 Å². The lowest BCUT2D eigenvalue weighted by Crippen LogP contribution is -2.44. The summed E-state index contributed by atoms with van der Waals surface area (Å²) < 4.78 is 30.9. The molecule has 8 nitrogen and oxygen atoms in total. The lowest BCUT2D eigenvalue weighted by Gasteiger charge is -2.39. The normalized spacial score (nSPS) is 21.8. The van der Waals surface area contributed by atoms with Gasteiger partial charge in [-0.1, -0.05) is 0 Å². The SMILES string of the molecule is COC(=S)NC/C(N)=C/N(N)C1=CC=C(N2CCC3(CC2)OCCO3)CC(F)=C1. The number of nitrogens with zero attached hydrogens (tertiary/aromatic N) is 2. The summed E-state index contributed by atoms with van der Waals surface area (Å²) in [5.74, 6) is 5.33. The van der Waals surface area contributed by atoms with Crippen molar-refractivity contribution in [2.45, 2.75) is 25.0 Å². The highest BCUT2D eigenvalue weighted by Crippen LogP contribution is 2.34. The minimum absolute atomic E-state index is 0.214. The zero-order chi connectivity index (χ0) is 20.9. The van der Waals surface area contributed by atoms with Gasteiger partial charge in [0, 0.05) is 49.9 Å². The first-order valence-corrected chi connectivity index (χ1v) is 9.93. The Morgan fingerprint density at radius 1 is 1.38 bits per heavy atom. The van der Waals surface area contributed by atoms with Crippen molar-refractivity contribution < 1.29 is 18.6 Å². The molecular weight excluding hydrogens is 397 g/mol. The predicted molar refractivity (Wildman–Crippen MR) is 111 cm³/mol. The monoisotopic (exact) mass is 425 g/mol. The number of hydrazine groups is 1. The van der Waals surface area contributed by atoms with Crippen LogP contribution in [0.25, 0.3) is 0 Å². The van der Waals surface area contributed by atoms with Gasteiger partial charge in [0.1, 0.15) is 5.83 Å². The number of piperidine rings is 1. The zero-order valence-electron chi connectivity index (χ0n) is 16.5. The molecule has 2 aliphatic heterocycles. The molecule has 0 atom stereocenters. The first-order valence-electron chi connectivity index (χ1n) is 9.52. The molecule has 0 amide bonds. The van der Waals surface area contributed by atoms with E-state index in [4.69, 9.17) is 38.0 Å². The number of allylic oxidation sites excluding steroid dienone is 4. The molecule has 0 unspecified atom stereocenters. The quantitative estimate of drug-likeness (QED) is 0.342. The Morgan fingerprint density at radius 2 is 2.07 bits per heavy atom. The van der Waals surface area contributed by atoms with Crippen molar-refractivity contribution >= 4 is 17.4 Å². The molecule has 5 N–H and O–H groups in total. The molecular formula is C19H28FN5O3S. The van der Waals surface area contributed by atoms with Gasteiger partial charge in [-0.05, 0) is 30.4 Å². The fraction of sp³-hybridized carbons (Fsp3) is 0.526. The van der Waals surface area contributed by atoms with Gasteiger partial charge in [-0.3, -0.25) is 5.01 Å². The number of ether oxygens (including phenoxy) is 3. The maximum atomic E-state index is 14.5. The van der Waals surface area contributed by atoms with E-state index in [1.807, 2.05) is 6.08 Å². The molecule has 0 aromatic carbocycles. The molecule has 1 spiro atoms. The van der Waals surface area contributed by atoms with Crippen LogP contribution in [0.1, 0.15) is 19.3 Å². The molecule has 0 aromatic rings. The molecule has 0 bridgehead atoms. The Kier molecular flexibility index (Phi) is 7.12. The van der Waals surface area contributed by atoms with E-state index in [1.54, 1.807) is 6.08 Å². The molecule has 0 aromatic heterocycles. The van der Waals surface area contributed by atoms with Gasteiger partial charge >= 0.3 is 0 Å². The second-order valence-electron chi connectivity index (χ2n) is 7.07. The second-order valence-corrected chi connectivity index (χ2v) is 7.44. The summed E-state index contributed by atoms with van der Waals surface area (Å²) in [7, 11) is 1.47. The van der Waals surface area contributed by atoms with E-state index >= 15 is 0 Å². The Hall–Kier alpha value is -2.14. The van der Waals surface area contributed by atoms with Crippen LogP contribution in [0.4, 0.5) is 4.39 Å². The third kappa shape index (κ3) is 5.69. The maximum absolute atomic E-state index is 14.5. The van der Waals surface area contributed by atoms with Crippen LogP contribution in [0.15, 0.2) is 47.3 Å². The topological polar surface area (TPSA) is 98.2 Å². The second kappa shape index (κ2) is 9.57. The van der Waals surface area contributed by atoms with Crippen LogP contribution in [-0.2, 0) is 14.2 Å². The van der Waals surface area contributed by atoms with E-state index in [-0.39, 0.29) is 24.0 Å². The van der Waals surface area contributed by atoms with Crippen molar-refractivity contribution in [3.63, 3.8) is 0 Å². The molecule has 2 fully saturated rings. The van der Waals surface area contributed by atoms with Gasteiger partial charge in [0.2, 0.25) is 0 Å². The van der Waals surface area contributed by atoms with Gasteiger partial charge in [0.15, 0.2) is 5.79 Å². The molecule has 160 valence electrons. The Morgan fingerprint density at radius 3 is 2.72 bits per heavy atom. The largest absolute Gasteiger partial charge is 0.474 e. The predicted octanol–water partition coefficient (Wildman–Crippen LogP) is 1.35. The number of rotatable bonds is 5. The number of likely N-dealkylation sites (tertiary alicyclic amines) is 1. The lowest BCUT2D eigenvalue weighted by atomic mass is 10.0. The zero-order valence-corrected chi connectivity index (χ0v) is 17.3. The van der Waals surface area contributed by atoms with Crippen LogP contribution < -0.4 is 16.9 Å². The van der Waals surface area contributed by atoms with E-state index in [1.165, 1.54) is 24.4 Å². The highest BCUT2D eigenvalue weighted by Gasteiger charge is 2.40. The molecule has 1 aliphatic carbocycles. The maximum Gasteiger partial charge on any atom is 0.256 e. The number of thiocarbonyl (C=S) groups is 1. The lowest BCUT2D eigenvalue weighted by molar-refractivity contribution is -0.182. The average Bonchev–Trinajstić information content (AvgIpc) is 3.06. The van der Waals surface area contributed by atoms with E-state index in [2.05, 4.69) is 10.2 Å². The van der Waals surface area contributed by atoms with Crippen molar-refractivity contribution in [2.24, 2.45) is 11.6 Å². The minimum Gasteiger partial charge on any atom is -0.474 e. The van der Waals surface area contributed by atoms with Crippen LogP contribution in [0.3, 0.4) is 0 Å². The highest BCUT2D eigenvalue weighted by molar-refractivity contribution is 7.80. The molecule has 0 saturated carbocycles. The van der Waals surface area contributed by atoms with E-state index in [0.29, 0.717) is 24.6 Å². The minimum atomic E-state index is -0.452. The third-order valence-electron chi connectivity index (χ3n) is 5.07. The fourth-order valence-corrected chi connectivity index (χ4v) is 3.59. The number of nitrogens with one attached hydrogen (secondary N) is 1. The molecule has 10 heteroatoms. The van der Waals surface area contributed by atoms with Crippen LogP contribution in [0.2, 0.25) is 0 Å². The Balaban J connectivity index is 1.63. The third-order valence-corrected chi connectivity index (χ3v) is 5.38. The molecule has 3 aliphatic rings. The van der Waals surface area contributed by atoms with Crippen molar-refractivity contribution in [2.75, 3.05) is 40.0 Å². The van der Waals surface area contributed by atoms with E-state index in [9.17, 15) is 4.39 Å². The van der Waals surface area contributed by atoms with E-state index < -0.39 is 5.79 Å². The summed E-state index contributed by atoms with van der Waals surface area (Å²) in [6, 6.07) is 0. The average molecular weight is 426 g/mol. The summed E-state index contributed by atoms with van der Waals surface area (Å²) in [4.78, 5) is 2.17. The van der Waals surface area contributed by atoms with Crippen LogP contribution in [0, 0.1) is 0 Å². The summed E-state index contributed by atoms with van der Waals surface area (Å²) >= 11 is 4.89. The fourth-order valence-electron chi connectivity index (χ4n) is 3.52. The van der Waals surface area contributed by atoms with E-state index in [0.717, 1.165) is 31.6 Å². The van der Waals surface area contributed by atoms with Gasteiger partial charge in [0.05, 0.1) is 32.6 Å². The van der Waals surface area contributed by atoms with Crippen molar-refractivity contribution in [3.8, 4) is 0 Å². The Labute approximate surface area is 175 Å². The van der Waals surface area contributed by atoms with Crippen LogP contribution in [-0.4, -0.2) is 60.8 Å². The number of hydrogen-bond acceptors (Lipinski definition) is 8. The first-order chi connectivity index (χ1) is 13.9. The summed E-state index contributed by atoms with van der Waals surface area (Å²) in [6.45, 7) is 3.06. The Bertz CT molecular complexity index is 736. The molecule has 2 heterocycles. The summed E-state index contributed by atoms with van der Waals surface area (Å²) in [5.41, 5.74) is 7.75. The highest BCUT2D eigenvalue weighted by atomic mass is 32.1. The van der Waals surface area contributed by atoms with Crippen molar-refractivity contribution in [1.29, 1.82) is 0 Å². The molecule has 3 rings (SSSR count). The smallest absolute Gasteiger partial charge is 0.256 e. The van der Waals surface area contributed by atoms with Gasteiger partial charge < -0.3 is 30.2 Å². The van der Waals surface area contributed by atoms with Gasteiger partial charge in [-0.2, -0.15) is 0 Å². The number of nitrogens with two attached hydrogens (primary N) is 2. The molecule has 0 radical (unpaired) electrons. The first kappa shape index (κ1) is 21.6. The van der Waals surface area contributed by atoms with Crippen LogP contribution in [0.5, 0.6) is 0 Å². The number of hydrogen-bond donors (Lipinski definition) is 3.